The van der Waals surface area contributed by atoms with E-state index in [0.29, 0.717) is 6.42 Å². The molecule has 0 rings (SSSR count). The SMILES string of the molecule is CC(C)C[C@H](N)P(=O)(O)C[C@H](CCC(=O)O)C(=O)O. The zero-order valence-electron chi connectivity index (χ0n) is 11.2. The van der Waals surface area contributed by atoms with Gasteiger partial charge in [-0.1, -0.05) is 13.8 Å². The van der Waals surface area contributed by atoms with Gasteiger partial charge in [-0.05, 0) is 18.8 Å². The lowest BCUT2D eigenvalue weighted by Gasteiger charge is -2.23. The van der Waals surface area contributed by atoms with Gasteiger partial charge in [0, 0.05) is 12.6 Å². The molecule has 0 radical (unpaired) electrons. The van der Waals surface area contributed by atoms with Gasteiger partial charge in [-0.3, -0.25) is 14.2 Å². The molecule has 0 aromatic carbocycles. The second-order valence-electron chi connectivity index (χ2n) is 5.10. The Kier molecular flexibility index (Phi) is 7.26. The zero-order valence-corrected chi connectivity index (χ0v) is 12.0. The molecule has 112 valence electrons. The third-order valence-corrected chi connectivity index (χ3v) is 4.98. The fourth-order valence-corrected chi connectivity index (χ4v) is 3.68. The smallest absolute Gasteiger partial charge is 0.307 e. The Bertz CT molecular complexity index is 370. The average molecular weight is 295 g/mol. The quantitative estimate of drug-likeness (QED) is 0.468. The molecule has 0 saturated carbocycles. The van der Waals surface area contributed by atoms with Gasteiger partial charge in [0.05, 0.1) is 11.7 Å². The zero-order chi connectivity index (χ0) is 15.2. The third-order valence-electron chi connectivity index (χ3n) is 2.77. The monoisotopic (exact) mass is 295 g/mol. The first-order chi connectivity index (χ1) is 8.56. The van der Waals surface area contributed by atoms with E-state index in [1.54, 1.807) is 0 Å². The summed E-state index contributed by atoms with van der Waals surface area (Å²) in [5.41, 5.74) is 5.63. The summed E-state index contributed by atoms with van der Waals surface area (Å²) in [6.45, 7) is 3.69. The molecule has 8 heteroatoms. The lowest BCUT2D eigenvalue weighted by molar-refractivity contribution is -0.142. The van der Waals surface area contributed by atoms with E-state index in [2.05, 4.69) is 0 Å². The van der Waals surface area contributed by atoms with E-state index in [-0.39, 0.29) is 18.8 Å². The summed E-state index contributed by atoms with van der Waals surface area (Å²) >= 11 is 0. The molecule has 0 heterocycles. The molecule has 0 saturated heterocycles. The predicted octanol–water partition coefficient (Wildman–Crippen LogP) is 1.15. The van der Waals surface area contributed by atoms with Crippen LogP contribution in [0.2, 0.25) is 0 Å². The van der Waals surface area contributed by atoms with Crippen molar-refractivity contribution in [1.29, 1.82) is 0 Å². The van der Waals surface area contributed by atoms with E-state index in [9.17, 15) is 19.0 Å². The molecule has 7 nitrogen and oxygen atoms in total. The van der Waals surface area contributed by atoms with Crippen LogP contribution in [0, 0.1) is 11.8 Å². The van der Waals surface area contributed by atoms with Gasteiger partial charge in [-0.25, -0.2) is 0 Å². The summed E-state index contributed by atoms with van der Waals surface area (Å²) in [4.78, 5) is 31.2. The molecule has 0 spiro atoms. The highest BCUT2D eigenvalue weighted by atomic mass is 31.2. The van der Waals surface area contributed by atoms with Crippen LogP contribution in [0.3, 0.4) is 0 Å². The number of carbonyl (C=O) groups is 2. The number of hydrogen-bond donors (Lipinski definition) is 4. The van der Waals surface area contributed by atoms with Crippen molar-refractivity contribution in [2.24, 2.45) is 17.6 Å². The molecular formula is C11H22NO6P. The highest BCUT2D eigenvalue weighted by Crippen LogP contribution is 2.48. The van der Waals surface area contributed by atoms with Crippen LogP contribution in [0.25, 0.3) is 0 Å². The Morgan fingerprint density at radius 3 is 2.16 bits per heavy atom. The lowest BCUT2D eigenvalue weighted by atomic mass is 10.1. The summed E-state index contributed by atoms with van der Waals surface area (Å²) in [6.07, 6.45) is -0.692. The number of nitrogens with two attached hydrogens (primary N) is 1. The van der Waals surface area contributed by atoms with Crippen LogP contribution < -0.4 is 5.73 Å². The molecule has 0 fully saturated rings. The van der Waals surface area contributed by atoms with Crippen LogP contribution in [0.1, 0.15) is 33.1 Å². The average Bonchev–Trinajstić information content (AvgIpc) is 2.22. The summed E-state index contributed by atoms with van der Waals surface area (Å²) < 4.78 is 12.0. The summed E-state index contributed by atoms with van der Waals surface area (Å²) in [5, 5.41) is 17.5. The normalized spacial score (nSPS) is 17.7. The van der Waals surface area contributed by atoms with Crippen molar-refractivity contribution in [3.8, 4) is 0 Å². The molecule has 0 aromatic rings. The topological polar surface area (TPSA) is 138 Å². The molecule has 1 unspecified atom stereocenters. The second-order valence-corrected chi connectivity index (χ2v) is 7.64. The van der Waals surface area contributed by atoms with Gasteiger partial charge in [-0.15, -0.1) is 0 Å². The summed E-state index contributed by atoms with van der Waals surface area (Å²) in [5.74, 6) is -4.42. The van der Waals surface area contributed by atoms with Crippen LogP contribution in [0.4, 0.5) is 0 Å². The first-order valence-electron chi connectivity index (χ1n) is 6.08. The van der Waals surface area contributed by atoms with Crippen molar-refractivity contribution in [1.82, 2.24) is 0 Å². The van der Waals surface area contributed by atoms with Crippen LogP contribution in [0.15, 0.2) is 0 Å². The van der Waals surface area contributed by atoms with Crippen molar-refractivity contribution in [2.45, 2.75) is 38.9 Å². The van der Waals surface area contributed by atoms with E-state index in [1.165, 1.54) is 0 Å². The molecule has 5 N–H and O–H groups in total. The minimum atomic E-state index is -3.80. The highest BCUT2D eigenvalue weighted by molar-refractivity contribution is 7.58. The summed E-state index contributed by atoms with van der Waals surface area (Å²) in [6, 6.07) is 0. The maximum atomic E-state index is 12.0. The first kappa shape index (κ1) is 18.1. The standard InChI is InChI=1S/C11H22NO6P/c1-7(2)5-9(12)19(17,18)6-8(11(15)16)3-4-10(13)14/h7-9H,3-6,12H2,1-2H3,(H,13,14)(H,15,16)(H,17,18)/t8-,9+/m0/s1. The highest BCUT2D eigenvalue weighted by Gasteiger charge is 2.34. The molecule has 19 heavy (non-hydrogen) atoms. The first-order valence-corrected chi connectivity index (χ1v) is 7.99. The Morgan fingerprint density at radius 1 is 1.26 bits per heavy atom. The van der Waals surface area contributed by atoms with E-state index in [0.717, 1.165) is 0 Å². The minimum Gasteiger partial charge on any atom is -0.481 e. The fourth-order valence-electron chi connectivity index (χ4n) is 1.69. The minimum absolute atomic E-state index is 0.123. The molecular weight excluding hydrogens is 273 g/mol. The fraction of sp³-hybridized carbons (Fsp3) is 0.818. The largest absolute Gasteiger partial charge is 0.481 e. The number of rotatable bonds is 9. The van der Waals surface area contributed by atoms with Gasteiger partial charge in [0.2, 0.25) is 7.37 Å². The third kappa shape index (κ3) is 7.30. The Labute approximate surface area is 112 Å². The van der Waals surface area contributed by atoms with Crippen LogP contribution in [-0.4, -0.2) is 39.0 Å². The molecule has 0 aliphatic heterocycles. The van der Waals surface area contributed by atoms with Gasteiger partial charge in [-0.2, -0.15) is 0 Å². The second kappa shape index (κ2) is 7.62. The van der Waals surface area contributed by atoms with Crippen molar-refractivity contribution in [3.05, 3.63) is 0 Å². The number of carboxylic acids is 2. The van der Waals surface area contributed by atoms with E-state index in [4.69, 9.17) is 15.9 Å². The molecule has 0 aliphatic rings. The maximum absolute atomic E-state index is 12.0. The molecule has 0 aliphatic carbocycles. The van der Waals surface area contributed by atoms with E-state index >= 15 is 0 Å². The van der Waals surface area contributed by atoms with Crippen molar-refractivity contribution in [2.75, 3.05) is 6.16 Å². The Balaban J connectivity index is 4.68. The van der Waals surface area contributed by atoms with Gasteiger partial charge in [0.1, 0.15) is 0 Å². The van der Waals surface area contributed by atoms with Crippen molar-refractivity contribution < 1.29 is 29.3 Å². The molecule has 3 atom stereocenters. The van der Waals surface area contributed by atoms with Crippen LogP contribution in [0.5, 0.6) is 0 Å². The Morgan fingerprint density at radius 2 is 1.79 bits per heavy atom. The van der Waals surface area contributed by atoms with Gasteiger partial charge >= 0.3 is 11.9 Å². The molecule has 0 bridgehead atoms. The van der Waals surface area contributed by atoms with Gasteiger partial charge in [0.25, 0.3) is 0 Å². The molecule has 0 amide bonds. The van der Waals surface area contributed by atoms with Gasteiger partial charge < -0.3 is 20.8 Å². The number of carboxylic acid groups (broad SMARTS) is 2. The predicted molar refractivity (Wildman–Crippen MR) is 70.1 cm³/mol. The number of aliphatic carboxylic acids is 2. The van der Waals surface area contributed by atoms with Crippen LogP contribution in [-0.2, 0) is 14.2 Å². The lowest BCUT2D eigenvalue weighted by Crippen LogP contribution is -2.28. The van der Waals surface area contributed by atoms with Crippen LogP contribution >= 0.6 is 7.37 Å². The van der Waals surface area contributed by atoms with Crippen molar-refractivity contribution >= 4 is 19.3 Å². The summed E-state index contributed by atoms with van der Waals surface area (Å²) in [7, 11) is -3.80. The van der Waals surface area contributed by atoms with Crippen molar-refractivity contribution in [3.63, 3.8) is 0 Å². The Hall–Kier alpha value is -0.910. The number of hydrogen-bond acceptors (Lipinski definition) is 4. The van der Waals surface area contributed by atoms with Gasteiger partial charge in [0.15, 0.2) is 0 Å². The maximum Gasteiger partial charge on any atom is 0.307 e. The molecule has 0 aromatic heterocycles. The van der Waals surface area contributed by atoms with E-state index in [1.807, 2.05) is 13.8 Å². The van der Waals surface area contributed by atoms with E-state index < -0.39 is 37.2 Å².